The van der Waals surface area contributed by atoms with Gasteiger partial charge in [-0.25, -0.2) is 9.97 Å². The summed E-state index contributed by atoms with van der Waals surface area (Å²) in [5.41, 5.74) is 1.56. The minimum absolute atomic E-state index is 0.0381. The standard InChI is InChI=1S/C11H9Cl2N3OS/c1-6-4-8(17)16-11(15-6)18-5-7-2-3-14-10(13)9(7)12/h2-4H,5H2,1H3,(H,15,16,17). The topological polar surface area (TPSA) is 58.9 Å². The highest BCUT2D eigenvalue weighted by molar-refractivity contribution is 7.98. The van der Waals surface area contributed by atoms with Crippen LogP contribution in [0.3, 0.4) is 0 Å². The first-order valence-electron chi connectivity index (χ1n) is 5.02. The Morgan fingerprint density at radius 3 is 2.83 bits per heavy atom. The molecule has 0 aliphatic carbocycles. The zero-order chi connectivity index (χ0) is 13.1. The number of hydrogen-bond acceptors (Lipinski definition) is 5. The molecule has 1 N–H and O–H groups in total. The molecule has 2 heterocycles. The van der Waals surface area contributed by atoms with Gasteiger partial charge in [0, 0.05) is 23.7 Å². The summed E-state index contributed by atoms with van der Waals surface area (Å²) in [5.74, 6) is 0.521. The van der Waals surface area contributed by atoms with Crippen LogP contribution in [-0.4, -0.2) is 20.1 Å². The molecule has 0 saturated carbocycles. The molecule has 0 atom stereocenters. The molecule has 0 aliphatic heterocycles. The molecule has 0 amide bonds. The van der Waals surface area contributed by atoms with Gasteiger partial charge in [0.25, 0.3) is 0 Å². The molecule has 0 bridgehead atoms. The lowest BCUT2D eigenvalue weighted by Gasteiger charge is -2.05. The van der Waals surface area contributed by atoms with Crippen molar-refractivity contribution in [2.45, 2.75) is 17.8 Å². The van der Waals surface area contributed by atoms with E-state index < -0.39 is 0 Å². The molecule has 94 valence electrons. The molecule has 2 aromatic heterocycles. The fourth-order valence-corrected chi connectivity index (χ4v) is 2.63. The van der Waals surface area contributed by atoms with Gasteiger partial charge < -0.3 is 5.11 Å². The second-order valence-corrected chi connectivity index (χ2v) is 5.19. The van der Waals surface area contributed by atoms with Crippen molar-refractivity contribution < 1.29 is 5.11 Å². The van der Waals surface area contributed by atoms with E-state index in [1.807, 2.05) is 0 Å². The first kappa shape index (κ1) is 13.4. The average Bonchev–Trinajstić information content (AvgIpc) is 2.30. The Morgan fingerprint density at radius 1 is 1.33 bits per heavy atom. The molecule has 0 radical (unpaired) electrons. The average molecular weight is 302 g/mol. The predicted molar refractivity (Wildman–Crippen MR) is 72.3 cm³/mol. The smallest absolute Gasteiger partial charge is 0.215 e. The fourth-order valence-electron chi connectivity index (χ4n) is 1.30. The fraction of sp³-hybridized carbons (Fsp3) is 0.182. The van der Waals surface area contributed by atoms with E-state index in [-0.39, 0.29) is 11.0 Å². The molecule has 2 aromatic rings. The Kier molecular flexibility index (Phi) is 4.27. The van der Waals surface area contributed by atoms with Crippen LogP contribution in [-0.2, 0) is 5.75 Å². The Morgan fingerprint density at radius 2 is 2.11 bits per heavy atom. The molecule has 0 fully saturated rings. The summed E-state index contributed by atoms with van der Waals surface area (Å²) in [6.07, 6.45) is 1.60. The lowest BCUT2D eigenvalue weighted by Crippen LogP contribution is -1.91. The third-order valence-corrected chi connectivity index (χ3v) is 3.80. The Labute approximate surface area is 118 Å². The molecular formula is C11H9Cl2N3OS. The molecule has 0 aliphatic rings. The first-order valence-corrected chi connectivity index (χ1v) is 6.77. The highest BCUT2D eigenvalue weighted by Gasteiger charge is 2.08. The second kappa shape index (κ2) is 5.73. The van der Waals surface area contributed by atoms with Gasteiger partial charge in [0.15, 0.2) is 5.16 Å². The van der Waals surface area contributed by atoms with Crippen molar-refractivity contribution in [2.75, 3.05) is 0 Å². The summed E-state index contributed by atoms with van der Waals surface area (Å²) >= 11 is 13.2. The third-order valence-electron chi connectivity index (χ3n) is 2.10. The van der Waals surface area contributed by atoms with Gasteiger partial charge in [0.2, 0.25) is 5.88 Å². The normalized spacial score (nSPS) is 10.6. The van der Waals surface area contributed by atoms with E-state index in [0.29, 0.717) is 21.6 Å². The van der Waals surface area contributed by atoms with Gasteiger partial charge in [-0.15, -0.1) is 0 Å². The molecule has 7 heteroatoms. The number of hydrogen-bond donors (Lipinski definition) is 1. The van der Waals surface area contributed by atoms with E-state index in [2.05, 4.69) is 15.0 Å². The summed E-state index contributed by atoms with van der Waals surface area (Å²) < 4.78 is 0. The Hall–Kier alpha value is -1.04. The van der Waals surface area contributed by atoms with E-state index in [1.165, 1.54) is 17.8 Å². The summed E-state index contributed by atoms with van der Waals surface area (Å²) in [5, 5.41) is 10.6. The summed E-state index contributed by atoms with van der Waals surface area (Å²) in [6.45, 7) is 1.79. The van der Waals surface area contributed by atoms with Gasteiger partial charge in [0.05, 0.1) is 5.02 Å². The van der Waals surface area contributed by atoms with Crippen molar-refractivity contribution in [1.82, 2.24) is 15.0 Å². The van der Waals surface area contributed by atoms with Crippen LogP contribution in [0.1, 0.15) is 11.3 Å². The minimum atomic E-state index is -0.0381. The van der Waals surface area contributed by atoms with Crippen molar-refractivity contribution in [3.8, 4) is 5.88 Å². The molecule has 2 rings (SSSR count). The van der Waals surface area contributed by atoms with Gasteiger partial charge in [0.1, 0.15) is 5.15 Å². The zero-order valence-corrected chi connectivity index (χ0v) is 11.7. The van der Waals surface area contributed by atoms with Crippen LogP contribution >= 0.6 is 35.0 Å². The van der Waals surface area contributed by atoms with Gasteiger partial charge in [-0.2, -0.15) is 4.98 Å². The first-order chi connectivity index (χ1) is 8.56. The van der Waals surface area contributed by atoms with Gasteiger partial charge >= 0.3 is 0 Å². The number of rotatable bonds is 3. The summed E-state index contributed by atoms with van der Waals surface area (Å²) in [6, 6.07) is 3.29. The van der Waals surface area contributed by atoms with Gasteiger partial charge in [-0.3, -0.25) is 0 Å². The summed E-state index contributed by atoms with van der Waals surface area (Å²) in [4.78, 5) is 12.0. The largest absolute Gasteiger partial charge is 0.493 e. The van der Waals surface area contributed by atoms with Crippen molar-refractivity contribution in [2.24, 2.45) is 0 Å². The van der Waals surface area contributed by atoms with Gasteiger partial charge in [-0.05, 0) is 18.6 Å². The highest BCUT2D eigenvalue weighted by atomic mass is 35.5. The molecular weight excluding hydrogens is 293 g/mol. The van der Waals surface area contributed by atoms with Crippen LogP contribution in [0.4, 0.5) is 0 Å². The number of halogens is 2. The number of aromatic nitrogens is 3. The number of nitrogens with zero attached hydrogens (tertiary/aromatic N) is 3. The number of pyridine rings is 1. The lowest BCUT2D eigenvalue weighted by atomic mass is 10.3. The monoisotopic (exact) mass is 301 g/mol. The molecule has 0 saturated heterocycles. The van der Waals surface area contributed by atoms with E-state index >= 15 is 0 Å². The van der Waals surface area contributed by atoms with Crippen molar-refractivity contribution >= 4 is 35.0 Å². The number of aromatic hydroxyl groups is 1. The van der Waals surface area contributed by atoms with Crippen LogP contribution in [0.15, 0.2) is 23.5 Å². The lowest BCUT2D eigenvalue weighted by molar-refractivity contribution is 0.444. The minimum Gasteiger partial charge on any atom is -0.493 e. The number of thioether (sulfide) groups is 1. The van der Waals surface area contributed by atoms with Crippen LogP contribution < -0.4 is 0 Å². The second-order valence-electron chi connectivity index (χ2n) is 3.51. The van der Waals surface area contributed by atoms with Crippen molar-refractivity contribution in [1.29, 1.82) is 0 Å². The van der Waals surface area contributed by atoms with Crippen molar-refractivity contribution in [3.05, 3.63) is 39.8 Å². The molecule has 4 nitrogen and oxygen atoms in total. The van der Waals surface area contributed by atoms with E-state index in [1.54, 1.807) is 19.2 Å². The zero-order valence-electron chi connectivity index (χ0n) is 9.39. The highest BCUT2D eigenvalue weighted by Crippen LogP contribution is 2.29. The molecule has 0 spiro atoms. The van der Waals surface area contributed by atoms with Crippen LogP contribution in [0.25, 0.3) is 0 Å². The molecule has 0 aromatic carbocycles. The van der Waals surface area contributed by atoms with Crippen LogP contribution in [0.5, 0.6) is 5.88 Å². The molecule has 0 unspecified atom stereocenters. The van der Waals surface area contributed by atoms with Crippen LogP contribution in [0, 0.1) is 6.92 Å². The van der Waals surface area contributed by atoms with Gasteiger partial charge in [-0.1, -0.05) is 35.0 Å². The maximum absolute atomic E-state index is 9.37. The molecule has 18 heavy (non-hydrogen) atoms. The maximum atomic E-state index is 9.37. The van der Waals surface area contributed by atoms with E-state index in [9.17, 15) is 5.11 Å². The Balaban J connectivity index is 2.14. The van der Waals surface area contributed by atoms with Crippen LogP contribution in [0.2, 0.25) is 10.2 Å². The maximum Gasteiger partial charge on any atom is 0.215 e. The quantitative estimate of drug-likeness (QED) is 0.534. The Bertz CT molecular complexity index is 560. The van der Waals surface area contributed by atoms with Crippen molar-refractivity contribution in [3.63, 3.8) is 0 Å². The number of aryl methyl sites for hydroxylation is 1. The summed E-state index contributed by atoms with van der Waals surface area (Å²) in [7, 11) is 0. The van der Waals surface area contributed by atoms with E-state index in [4.69, 9.17) is 23.2 Å². The predicted octanol–water partition coefficient (Wildman–Crippen LogP) is 3.48. The third kappa shape index (κ3) is 3.25. The van der Waals surface area contributed by atoms with E-state index in [0.717, 1.165) is 5.56 Å². The SMILES string of the molecule is Cc1cc(O)nc(SCc2ccnc(Cl)c2Cl)n1.